The minimum absolute atomic E-state index is 0.0415. The van der Waals surface area contributed by atoms with Crippen molar-refractivity contribution in [1.82, 2.24) is 5.32 Å². The summed E-state index contributed by atoms with van der Waals surface area (Å²) in [5, 5.41) is 5.12. The number of rotatable bonds is 6. The lowest BCUT2D eigenvalue weighted by atomic mass is 9.98. The van der Waals surface area contributed by atoms with Gasteiger partial charge in [0.25, 0.3) is 5.91 Å². The van der Waals surface area contributed by atoms with Crippen LogP contribution in [0.25, 0.3) is 0 Å². The Morgan fingerprint density at radius 2 is 1.82 bits per heavy atom. The zero-order valence-corrected chi connectivity index (χ0v) is 16.4. The molecule has 0 spiro atoms. The molecule has 1 aliphatic heterocycles. The molecule has 4 rings (SSSR count). The molecule has 1 unspecified atom stereocenters. The molecular weight excluding hydrogens is 370 g/mol. The molecular formula is C23H23NO3S. The van der Waals surface area contributed by atoms with Crippen LogP contribution in [0.15, 0.2) is 66.0 Å². The van der Waals surface area contributed by atoms with Crippen LogP contribution in [-0.4, -0.2) is 19.1 Å². The Morgan fingerprint density at radius 1 is 1.00 bits per heavy atom. The van der Waals surface area contributed by atoms with Gasteiger partial charge in [0.2, 0.25) is 0 Å². The second-order valence-corrected chi connectivity index (χ2v) is 7.73. The average Bonchev–Trinajstić information content (AvgIpc) is 3.17. The first kappa shape index (κ1) is 18.6. The van der Waals surface area contributed by atoms with Crippen molar-refractivity contribution in [3.8, 4) is 11.5 Å². The predicted octanol–water partition coefficient (Wildman–Crippen LogP) is 5.01. The molecule has 1 atom stereocenters. The van der Waals surface area contributed by atoms with Crippen molar-refractivity contribution in [2.75, 3.05) is 13.2 Å². The normalized spacial score (nSPS) is 14.1. The number of benzene rings is 2. The van der Waals surface area contributed by atoms with Crippen LogP contribution in [0.4, 0.5) is 0 Å². The first-order chi connectivity index (χ1) is 13.8. The summed E-state index contributed by atoms with van der Waals surface area (Å²) in [6.45, 7) is 1.31. The van der Waals surface area contributed by atoms with E-state index in [2.05, 4.69) is 17.4 Å². The first-order valence-corrected chi connectivity index (χ1v) is 10.5. The third-order valence-corrected chi connectivity index (χ3v) is 5.66. The van der Waals surface area contributed by atoms with Crippen molar-refractivity contribution in [1.29, 1.82) is 0 Å². The third kappa shape index (κ3) is 4.54. The molecule has 2 heterocycles. The Bertz CT molecular complexity index is 909. The molecule has 0 aliphatic carbocycles. The van der Waals surface area contributed by atoms with Crippen molar-refractivity contribution < 1.29 is 14.3 Å². The summed E-state index contributed by atoms with van der Waals surface area (Å²) in [7, 11) is 0. The highest BCUT2D eigenvalue weighted by atomic mass is 32.1. The molecule has 144 valence electrons. The highest BCUT2D eigenvalue weighted by Crippen LogP contribution is 2.33. The quantitative estimate of drug-likeness (QED) is 0.640. The van der Waals surface area contributed by atoms with Crippen molar-refractivity contribution in [3.63, 3.8) is 0 Å². The average molecular weight is 394 g/mol. The number of hydrogen-bond acceptors (Lipinski definition) is 4. The summed E-state index contributed by atoms with van der Waals surface area (Å²) in [4.78, 5) is 13.4. The van der Waals surface area contributed by atoms with Crippen molar-refractivity contribution in [2.24, 2.45) is 0 Å². The summed E-state index contributed by atoms with van der Waals surface area (Å²) in [5.41, 5.74) is 2.29. The zero-order valence-electron chi connectivity index (χ0n) is 15.6. The molecule has 28 heavy (non-hydrogen) atoms. The van der Waals surface area contributed by atoms with Crippen molar-refractivity contribution in [3.05, 3.63) is 82.0 Å². The highest BCUT2D eigenvalue weighted by molar-refractivity contribution is 7.12. The van der Waals surface area contributed by atoms with Crippen molar-refractivity contribution in [2.45, 2.75) is 25.3 Å². The van der Waals surface area contributed by atoms with Crippen LogP contribution in [-0.2, 0) is 6.42 Å². The van der Waals surface area contributed by atoms with Gasteiger partial charge in [0.1, 0.15) is 0 Å². The number of fused-ring (bicyclic) bond motifs is 1. The second kappa shape index (κ2) is 8.93. The monoisotopic (exact) mass is 393 g/mol. The van der Waals surface area contributed by atoms with E-state index in [-0.39, 0.29) is 11.9 Å². The van der Waals surface area contributed by atoms with E-state index in [0.29, 0.717) is 13.2 Å². The van der Waals surface area contributed by atoms with Gasteiger partial charge in [0.05, 0.1) is 24.1 Å². The standard InChI is InChI=1S/C23H23NO3S/c25-23(22-8-4-15-28-22)24-19(11-9-17-6-2-1-3-7-17)18-10-12-20-21(16-18)27-14-5-13-26-20/h1-4,6-8,10,12,15-16,19H,5,9,11,13-14H2,(H,24,25). The number of thiophene rings is 1. The lowest BCUT2D eigenvalue weighted by molar-refractivity contribution is 0.0938. The van der Waals surface area contributed by atoms with Crippen LogP contribution in [0, 0.1) is 0 Å². The lowest BCUT2D eigenvalue weighted by Gasteiger charge is -2.20. The van der Waals surface area contributed by atoms with Crippen LogP contribution in [0.2, 0.25) is 0 Å². The van der Waals surface area contributed by atoms with Gasteiger partial charge in [-0.2, -0.15) is 0 Å². The van der Waals surface area contributed by atoms with Gasteiger partial charge in [-0.05, 0) is 47.5 Å². The minimum atomic E-state index is -0.105. The molecule has 4 nitrogen and oxygen atoms in total. The summed E-state index contributed by atoms with van der Waals surface area (Å²) < 4.78 is 11.6. The predicted molar refractivity (Wildman–Crippen MR) is 111 cm³/mol. The fourth-order valence-corrected chi connectivity index (χ4v) is 3.94. The Balaban J connectivity index is 1.56. The largest absolute Gasteiger partial charge is 0.490 e. The van der Waals surface area contributed by atoms with E-state index in [4.69, 9.17) is 9.47 Å². The maximum atomic E-state index is 12.7. The van der Waals surface area contributed by atoms with Crippen LogP contribution in [0.1, 0.15) is 39.7 Å². The van der Waals surface area contributed by atoms with Crippen LogP contribution < -0.4 is 14.8 Å². The van der Waals surface area contributed by atoms with E-state index in [9.17, 15) is 4.79 Å². The number of ether oxygens (including phenoxy) is 2. The van der Waals surface area contributed by atoms with Gasteiger partial charge in [-0.1, -0.05) is 42.5 Å². The molecule has 1 aromatic heterocycles. The fourth-order valence-electron chi connectivity index (χ4n) is 3.31. The molecule has 0 bridgehead atoms. The molecule has 0 radical (unpaired) electrons. The SMILES string of the molecule is O=C(NC(CCc1ccccc1)c1ccc2c(c1)OCCCO2)c1cccs1. The van der Waals surface area contributed by atoms with E-state index in [0.717, 1.165) is 41.2 Å². The van der Waals surface area contributed by atoms with Gasteiger partial charge in [-0.3, -0.25) is 4.79 Å². The maximum absolute atomic E-state index is 12.7. The molecule has 0 fully saturated rings. The summed E-state index contributed by atoms with van der Waals surface area (Å²) >= 11 is 1.45. The smallest absolute Gasteiger partial charge is 0.261 e. The molecule has 5 heteroatoms. The van der Waals surface area contributed by atoms with E-state index in [1.54, 1.807) is 0 Å². The lowest BCUT2D eigenvalue weighted by Crippen LogP contribution is -2.28. The molecule has 0 saturated heterocycles. The van der Waals surface area contributed by atoms with Gasteiger partial charge >= 0.3 is 0 Å². The molecule has 2 aromatic carbocycles. The van der Waals surface area contributed by atoms with Gasteiger partial charge in [-0.25, -0.2) is 0 Å². The number of nitrogens with one attached hydrogen (secondary N) is 1. The number of aryl methyl sites for hydroxylation is 1. The molecule has 1 N–H and O–H groups in total. The topological polar surface area (TPSA) is 47.6 Å². The van der Waals surface area contributed by atoms with Gasteiger partial charge in [-0.15, -0.1) is 11.3 Å². The van der Waals surface area contributed by atoms with Gasteiger partial charge < -0.3 is 14.8 Å². The number of hydrogen-bond donors (Lipinski definition) is 1. The zero-order chi connectivity index (χ0) is 19.2. The highest BCUT2D eigenvalue weighted by Gasteiger charge is 2.19. The Morgan fingerprint density at radius 3 is 2.61 bits per heavy atom. The summed E-state index contributed by atoms with van der Waals surface area (Å²) in [5.74, 6) is 1.48. The van der Waals surface area contributed by atoms with Crippen LogP contribution in [0.3, 0.4) is 0 Å². The van der Waals surface area contributed by atoms with Gasteiger partial charge in [0.15, 0.2) is 11.5 Å². The molecule has 1 aliphatic rings. The summed E-state index contributed by atoms with van der Waals surface area (Å²) in [6.07, 6.45) is 2.56. The Labute approximate surface area is 169 Å². The molecule has 3 aromatic rings. The van der Waals surface area contributed by atoms with E-state index >= 15 is 0 Å². The van der Waals surface area contributed by atoms with Crippen LogP contribution >= 0.6 is 11.3 Å². The Kier molecular flexibility index (Phi) is 5.92. The number of amides is 1. The summed E-state index contributed by atoms with van der Waals surface area (Å²) in [6, 6.07) is 20.0. The van der Waals surface area contributed by atoms with Crippen LogP contribution in [0.5, 0.6) is 11.5 Å². The molecule has 0 saturated carbocycles. The Hall–Kier alpha value is -2.79. The van der Waals surface area contributed by atoms with Gasteiger partial charge in [0, 0.05) is 6.42 Å². The molecule has 1 amide bonds. The first-order valence-electron chi connectivity index (χ1n) is 9.57. The number of carbonyl (C=O) groups is 1. The maximum Gasteiger partial charge on any atom is 0.261 e. The minimum Gasteiger partial charge on any atom is -0.490 e. The fraction of sp³-hybridized carbons (Fsp3) is 0.261. The number of carbonyl (C=O) groups excluding carboxylic acids is 1. The second-order valence-electron chi connectivity index (χ2n) is 6.78. The van der Waals surface area contributed by atoms with E-state index in [1.165, 1.54) is 16.9 Å². The third-order valence-electron chi connectivity index (χ3n) is 4.79. The van der Waals surface area contributed by atoms with Crippen molar-refractivity contribution >= 4 is 17.2 Å². The van der Waals surface area contributed by atoms with E-state index in [1.807, 2.05) is 53.9 Å². The van der Waals surface area contributed by atoms with E-state index < -0.39 is 0 Å².